The Bertz CT molecular complexity index is 1970. The molecule has 0 bridgehead atoms. The lowest BCUT2D eigenvalue weighted by molar-refractivity contribution is -0.144. The number of nitrogens with zero attached hydrogens (tertiary/aromatic N) is 3. The van der Waals surface area contributed by atoms with Crippen LogP contribution in [0, 0.1) is 11.8 Å². The molecule has 2 aromatic carbocycles. The molecule has 3 atom stereocenters. The van der Waals surface area contributed by atoms with Crippen LogP contribution in [0.25, 0.3) is 0 Å². The summed E-state index contributed by atoms with van der Waals surface area (Å²) < 4.78 is 14.5. The van der Waals surface area contributed by atoms with Gasteiger partial charge in [0.05, 0.1) is 19.4 Å². The molecule has 1 saturated carbocycles. The minimum atomic E-state index is -1.10. The number of hydrogen-bond acceptors (Lipinski definition) is 7. The number of hydrogen-bond donors (Lipinski definition) is 3. The Labute approximate surface area is 323 Å². The van der Waals surface area contributed by atoms with E-state index < -0.39 is 11.5 Å². The highest BCUT2D eigenvalue weighted by atomic mass is 35.5. The summed E-state index contributed by atoms with van der Waals surface area (Å²) in [6.45, 7) is 5.57. The molecule has 0 aliphatic heterocycles. The van der Waals surface area contributed by atoms with Crippen LogP contribution in [-0.4, -0.2) is 50.5 Å². The normalized spacial score (nSPS) is 23.6. The number of carbonyl (C=O) groups excluding carboxylic acids is 1. The highest BCUT2D eigenvalue weighted by molar-refractivity contribution is 6.30. The van der Waals surface area contributed by atoms with Crippen LogP contribution in [0.4, 0.5) is 11.5 Å². The first-order chi connectivity index (χ1) is 26.0. The lowest BCUT2D eigenvalue weighted by atomic mass is 9.59. The van der Waals surface area contributed by atoms with E-state index in [0.29, 0.717) is 67.3 Å². The Morgan fingerprint density at radius 1 is 1.07 bits per heavy atom. The van der Waals surface area contributed by atoms with Gasteiger partial charge in [-0.25, -0.2) is 4.79 Å². The number of ether oxygens (including phenoxy) is 2. The minimum absolute atomic E-state index is 0.0788. The van der Waals surface area contributed by atoms with E-state index in [1.165, 1.54) is 28.8 Å². The predicted molar refractivity (Wildman–Crippen MR) is 211 cm³/mol. The quantitative estimate of drug-likeness (QED) is 0.109. The van der Waals surface area contributed by atoms with E-state index in [1.54, 1.807) is 36.1 Å². The van der Waals surface area contributed by atoms with E-state index >= 15 is 0 Å². The molecule has 7 rings (SSSR count). The summed E-state index contributed by atoms with van der Waals surface area (Å²) in [4.78, 5) is 30.2. The number of carboxylic acid groups (broad SMARTS) is 1. The van der Waals surface area contributed by atoms with Gasteiger partial charge in [-0.1, -0.05) is 37.6 Å². The monoisotopic (exact) mass is 753 g/mol. The third-order valence-corrected chi connectivity index (χ3v) is 12.4. The molecule has 3 N–H and O–H groups in total. The molecule has 1 fully saturated rings. The molecule has 10 nitrogen and oxygen atoms in total. The first kappa shape index (κ1) is 37.7. The first-order valence-corrected chi connectivity index (χ1v) is 19.8. The van der Waals surface area contributed by atoms with Gasteiger partial charge in [0, 0.05) is 47.7 Å². The number of amides is 1. The molecule has 54 heavy (non-hydrogen) atoms. The summed E-state index contributed by atoms with van der Waals surface area (Å²) in [5.41, 5.74) is 4.43. The number of anilines is 2. The van der Waals surface area contributed by atoms with Gasteiger partial charge in [-0.15, -0.1) is 0 Å². The Morgan fingerprint density at radius 3 is 2.67 bits per heavy atom. The van der Waals surface area contributed by atoms with Crippen molar-refractivity contribution in [2.75, 3.05) is 23.8 Å². The van der Waals surface area contributed by atoms with E-state index in [-0.39, 0.29) is 17.2 Å². The summed E-state index contributed by atoms with van der Waals surface area (Å²) >= 11 is 6.29. The molecule has 0 unspecified atom stereocenters. The van der Waals surface area contributed by atoms with Crippen molar-refractivity contribution in [2.24, 2.45) is 18.9 Å². The molecular formula is C43H52ClN5O5. The molecule has 4 aromatic rings. The fourth-order valence-corrected chi connectivity index (χ4v) is 9.48. The minimum Gasteiger partial charge on any atom is -0.494 e. The molecule has 0 radical (unpaired) electrons. The van der Waals surface area contributed by atoms with Crippen molar-refractivity contribution < 1.29 is 24.2 Å². The van der Waals surface area contributed by atoms with Crippen LogP contribution in [0.1, 0.15) is 99.9 Å². The maximum absolute atomic E-state index is 13.0. The standard InChI is InChI=1S/C43H52ClN5O5/c1-28(27-54-37-14-20-45-36-10-4-7-29(2)40(36)37)23-31-24-30-12-13-34(53-22-6-11-39(50)47-38-15-21-46-49(38)3)26-35(30)42(31)16-18-43(19-17-42,41(51)52)48-33-9-5-8-32(44)25-33/h5,8-9,12-15,20-21,25-26,28-29,31,48H,4,6-7,10-11,16-19,22-24,27H2,1-3H3,(H,47,50)(H,51,52)/t28-,29-,31+,42?,43?/m1/s1. The van der Waals surface area contributed by atoms with Crippen LogP contribution in [-0.2, 0) is 34.9 Å². The lowest BCUT2D eigenvalue weighted by Crippen LogP contribution is -2.53. The van der Waals surface area contributed by atoms with Crippen molar-refractivity contribution in [3.05, 3.63) is 94.4 Å². The summed E-state index contributed by atoms with van der Waals surface area (Å²) in [6, 6.07) is 17.5. The van der Waals surface area contributed by atoms with Gasteiger partial charge in [-0.3, -0.25) is 14.5 Å². The molecule has 286 valence electrons. The Kier molecular flexibility index (Phi) is 11.2. The Hall–Kier alpha value is -4.57. The van der Waals surface area contributed by atoms with E-state index in [4.69, 9.17) is 21.1 Å². The van der Waals surface area contributed by atoms with E-state index in [0.717, 1.165) is 50.0 Å². The van der Waals surface area contributed by atoms with Crippen LogP contribution in [0.2, 0.25) is 5.02 Å². The van der Waals surface area contributed by atoms with Crippen molar-refractivity contribution in [2.45, 2.75) is 101 Å². The number of aryl methyl sites for hydroxylation is 2. The summed E-state index contributed by atoms with van der Waals surface area (Å²) in [5, 5.41) is 21.6. The molecule has 1 spiro atoms. The number of aromatic nitrogens is 3. The van der Waals surface area contributed by atoms with Crippen molar-refractivity contribution >= 4 is 35.0 Å². The van der Waals surface area contributed by atoms with Gasteiger partial charge in [0.1, 0.15) is 22.9 Å². The zero-order valence-electron chi connectivity index (χ0n) is 31.6. The van der Waals surface area contributed by atoms with Crippen molar-refractivity contribution in [1.82, 2.24) is 14.8 Å². The number of benzene rings is 2. The fourth-order valence-electron chi connectivity index (χ4n) is 9.29. The predicted octanol–water partition coefficient (Wildman–Crippen LogP) is 8.73. The fraction of sp³-hybridized carbons (Fsp3) is 0.488. The van der Waals surface area contributed by atoms with Crippen molar-refractivity contribution in [1.29, 1.82) is 0 Å². The van der Waals surface area contributed by atoms with Crippen LogP contribution < -0.4 is 20.1 Å². The van der Waals surface area contributed by atoms with Gasteiger partial charge in [0.25, 0.3) is 0 Å². The number of halogens is 1. The SMILES string of the molecule is C[C@@H](COc1ccnc2c1[C@H](C)CCC2)C[C@H]1Cc2ccc(OCCCC(=O)Nc3ccnn3C)cc2C12CCC(Nc1cccc(Cl)c1)(C(=O)O)CC2. The van der Waals surface area contributed by atoms with Gasteiger partial charge < -0.3 is 25.2 Å². The number of carboxylic acids is 1. The maximum Gasteiger partial charge on any atom is 0.329 e. The average Bonchev–Trinajstić information content (AvgIpc) is 3.69. The molecule has 2 heterocycles. The number of carbonyl (C=O) groups is 2. The summed E-state index contributed by atoms with van der Waals surface area (Å²) in [6.07, 6.45) is 12.1. The van der Waals surface area contributed by atoms with E-state index in [9.17, 15) is 14.7 Å². The Morgan fingerprint density at radius 2 is 1.91 bits per heavy atom. The largest absolute Gasteiger partial charge is 0.494 e. The highest BCUT2D eigenvalue weighted by Gasteiger charge is 2.54. The Balaban J connectivity index is 1.07. The lowest BCUT2D eigenvalue weighted by Gasteiger charge is -2.47. The molecular weight excluding hydrogens is 702 g/mol. The molecule has 0 saturated heterocycles. The second-order valence-corrected chi connectivity index (χ2v) is 16.3. The number of fused-ring (bicyclic) bond motifs is 3. The third kappa shape index (κ3) is 7.95. The van der Waals surface area contributed by atoms with Crippen LogP contribution in [0.3, 0.4) is 0 Å². The topological polar surface area (TPSA) is 128 Å². The average molecular weight is 754 g/mol. The molecule has 2 aromatic heterocycles. The highest BCUT2D eigenvalue weighted by Crippen LogP contribution is 2.57. The zero-order chi connectivity index (χ0) is 37.9. The second kappa shape index (κ2) is 16.0. The van der Waals surface area contributed by atoms with Crippen LogP contribution >= 0.6 is 11.6 Å². The van der Waals surface area contributed by atoms with Gasteiger partial charge in [-0.05, 0) is 135 Å². The molecule has 11 heteroatoms. The molecule has 3 aliphatic carbocycles. The number of pyridine rings is 1. The van der Waals surface area contributed by atoms with Gasteiger partial charge >= 0.3 is 5.97 Å². The van der Waals surface area contributed by atoms with Gasteiger partial charge in [0.2, 0.25) is 5.91 Å². The van der Waals surface area contributed by atoms with Crippen molar-refractivity contribution in [3.8, 4) is 11.5 Å². The first-order valence-electron chi connectivity index (χ1n) is 19.5. The molecule has 3 aliphatic rings. The number of rotatable bonds is 14. The second-order valence-electron chi connectivity index (χ2n) is 15.9. The number of aliphatic carboxylic acids is 1. The van der Waals surface area contributed by atoms with E-state index in [2.05, 4.69) is 46.7 Å². The summed E-state index contributed by atoms with van der Waals surface area (Å²) in [5.74, 6) is 2.54. The van der Waals surface area contributed by atoms with Crippen LogP contribution in [0.15, 0.2) is 67.0 Å². The maximum atomic E-state index is 13.0. The number of nitrogens with one attached hydrogen (secondary N) is 2. The van der Waals surface area contributed by atoms with Gasteiger partial charge in [-0.2, -0.15) is 5.10 Å². The van der Waals surface area contributed by atoms with Crippen molar-refractivity contribution in [3.63, 3.8) is 0 Å². The summed E-state index contributed by atoms with van der Waals surface area (Å²) in [7, 11) is 1.79. The van der Waals surface area contributed by atoms with Crippen LogP contribution in [0.5, 0.6) is 11.5 Å². The third-order valence-electron chi connectivity index (χ3n) is 12.2. The van der Waals surface area contributed by atoms with Gasteiger partial charge in [0.15, 0.2) is 0 Å². The van der Waals surface area contributed by atoms with E-state index in [1.807, 2.05) is 30.5 Å². The smallest absolute Gasteiger partial charge is 0.329 e. The zero-order valence-corrected chi connectivity index (χ0v) is 32.3. The molecule has 1 amide bonds.